The number of carbonyl (C=O) groups is 2. The second-order valence-electron chi connectivity index (χ2n) is 5.05. The lowest BCUT2D eigenvalue weighted by Gasteiger charge is -2.29. The molecule has 7 nitrogen and oxygen atoms in total. The lowest BCUT2D eigenvalue weighted by Crippen LogP contribution is -2.51. The van der Waals surface area contributed by atoms with Gasteiger partial charge in [0, 0.05) is 19.5 Å². The van der Waals surface area contributed by atoms with Crippen LogP contribution in [0.5, 0.6) is 0 Å². The molecule has 1 atom stereocenters. The van der Waals surface area contributed by atoms with Gasteiger partial charge in [0.05, 0.1) is 30.3 Å². The van der Waals surface area contributed by atoms with Gasteiger partial charge in [-0.1, -0.05) is 13.3 Å². The van der Waals surface area contributed by atoms with Crippen LogP contribution in [-0.4, -0.2) is 45.8 Å². The normalized spacial score (nSPS) is 17.6. The number of carbonyl (C=O) groups excluding carboxylic acids is 2. The van der Waals surface area contributed by atoms with Gasteiger partial charge >= 0.3 is 0 Å². The number of aromatic amines is 1. The van der Waals surface area contributed by atoms with Gasteiger partial charge in [0.2, 0.25) is 11.8 Å². The number of primary amides is 1. The molecule has 0 saturated carbocycles. The highest BCUT2D eigenvalue weighted by atomic mass is 16.2. The zero-order chi connectivity index (χ0) is 14.5. The molecule has 2 amide bonds. The molecule has 0 aromatic carbocycles. The fraction of sp³-hybridized carbons (Fsp3) is 0.615. The van der Waals surface area contributed by atoms with Crippen LogP contribution in [0.25, 0.3) is 0 Å². The number of fused-ring (bicyclic) bond motifs is 1. The van der Waals surface area contributed by atoms with E-state index >= 15 is 0 Å². The smallest absolute Gasteiger partial charge is 0.240 e. The molecule has 1 aromatic rings. The third kappa shape index (κ3) is 3.36. The first-order valence-corrected chi connectivity index (χ1v) is 6.93. The standard InChI is InChI=1S/C13H21N5O2/c1-2-3-4-18(7-12(14)19)13(20)10-5-9-11(6-15-10)17-8-16-9/h8,10,15H,2-7H2,1H3,(H2,14,19)(H,16,17). The third-order valence-corrected chi connectivity index (χ3v) is 3.47. The molecule has 1 aromatic heterocycles. The lowest BCUT2D eigenvalue weighted by atomic mass is 10.0. The van der Waals surface area contributed by atoms with Crippen molar-refractivity contribution in [2.75, 3.05) is 13.1 Å². The Kier molecular flexibility index (Phi) is 4.73. The van der Waals surface area contributed by atoms with Gasteiger partial charge in [-0.3, -0.25) is 14.9 Å². The van der Waals surface area contributed by atoms with E-state index in [4.69, 9.17) is 5.73 Å². The topological polar surface area (TPSA) is 104 Å². The molecule has 0 radical (unpaired) electrons. The molecule has 1 aliphatic rings. The third-order valence-electron chi connectivity index (χ3n) is 3.47. The number of aromatic nitrogens is 2. The first-order chi connectivity index (χ1) is 9.61. The number of nitrogens with two attached hydrogens (primary N) is 1. The van der Waals surface area contributed by atoms with Crippen LogP contribution in [0, 0.1) is 0 Å². The summed E-state index contributed by atoms with van der Waals surface area (Å²) in [6.45, 7) is 3.17. The van der Waals surface area contributed by atoms with Crippen molar-refractivity contribution >= 4 is 11.8 Å². The number of amides is 2. The minimum absolute atomic E-state index is 0.0234. The van der Waals surface area contributed by atoms with E-state index in [0.29, 0.717) is 19.5 Å². The van der Waals surface area contributed by atoms with E-state index in [2.05, 4.69) is 15.3 Å². The minimum atomic E-state index is -0.481. The number of rotatable bonds is 6. The van der Waals surface area contributed by atoms with Gasteiger partial charge in [-0.15, -0.1) is 0 Å². The number of hydrogen-bond donors (Lipinski definition) is 3. The Balaban J connectivity index is 2.02. The van der Waals surface area contributed by atoms with Crippen LogP contribution in [0.2, 0.25) is 0 Å². The summed E-state index contributed by atoms with van der Waals surface area (Å²) in [6.07, 6.45) is 4.00. The molecule has 0 fully saturated rings. The van der Waals surface area contributed by atoms with Crippen molar-refractivity contribution < 1.29 is 9.59 Å². The summed E-state index contributed by atoms with van der Waals surface area (Å²) in [7, 11) is 0. The number of hydrogen-bond acceptors (Lipinski definition) is 4. The summed E-state index contributed by atoms with van der Waals surface area (Å²) in [5, 5.41) is 3.18. The summed E-state index contributed by atoms with van der Waals surface area (Å²) < 4.78 is 0. The van der Waals surface area contributed by atoms with Crippen LogP contribution in [0.4, 0.5) is 0 Å². The monoisotopic (exact) mass is 279 g/mol. The van der Waals surface area contributed by atoms with Gasteiger partial charge in [0.15, 0.2) is 0 Å². The highest BCUT2D eigenvalue weighted by Crippen LogP contribution is 2.14. The predicted molar refractivity (Wildman–Crippen MR) is 73.6 cm³/mol. The fourth-order valence-electron chi connectivity index (χ4n) is 2.37. The van der Waals surface area contributed by atoms with E-state index in [0.717, 1.165) is 24.2 Å². The van der Waals surface area contributed by atoms with Gasteiger partial charge in [0.25, 0.3) is 0 Å². The quantitative estimate of drug-likeness (QED) is 0.655. The van der Waals surface area contributed by atoms with E-state index in [9.17, 15) is 9.59 Å². The Hall–Kier alpha value is -1.89. The second-order valence-corrected chi connectivity index (χ2v) is 5.05. The summed E-state index contributed by atoms with van der Waals surface area (Å²) >= 11 is 0. The summed E-state index contributed by atoms with van der Waals surface area (Å²) in [4.78, 5) is 32.4. The molecule has 0 aliphatic carbocycles. The van der Waals surface area contributed by atoms with E-state index in [1.165, 1.54) is 0 Å². The van der Waals surface area contributed by atoms with Crippen LogP contribution in [0.15, 0.2) is 6.33 Å². The fourth-order valence-corrected chi connectivity index (χ4v) is 2.37. The molecule has 20 heavy (non-hydrogen) atoms. The van der Waals surface area contributed by atoms with Gasteiger partial charge in [-0.2, -0.15) is 0 Å². The highest BCUT2D eigenvalue weighted by molar-refractivity contribution is 5.87. The van der Waals surface area contributed by atoms with Crippen molar-refractivity contribution in [1.82, 2.24) is 20.2 Å². The maximum Gasteiger partial charge on any atom is 0.240 e. The van der Waals surface area contributed by atoms with Gasteiger partial charge in [-0.05, 0) is 6.42 Å². The molecule has 1 unspecified atom stereocenters. The van der Waals surface area contributed by atoms with Crippen LogP contribution < -0.4 is 11.1 Å². The number of nitrogens with one attached hydrogen (secondary N) is 2. The molecule has 110 valence electrons. The average molecular weight is 279 g/mol. The van der Waals surface area contributed by atoms with Gasteiger partial charge in [-0.25, -0.2) is 4.98 Å². The first kappa shape index (κ1) is 14.5. The molecule has 0 bridgehead atoms. The summed E-state index contributed by atoms with van der Waals surface area (Å²) in [5.74, 6) is -0.559. The zero-order valence-corrected chi connectivity index (χ0v) is 11.7. The van der Waals surface area contributed by atoms with Gasteiger partial charge in [0.1, 0.15) is 0 Å². The lowest BCUT2D eigenvalue weighted by molar-refractivity contribution is -0.137. The Morgan fingerprint density at radius 2 is 2.35 bits per heavy atom. The molecule has 4 N–H and O–H groups in total. The average Bonchev–Trinajstić information content (AvgIpc) is 2.89. The molecular formula is C13H21N5O2. The van der Waals surface area contributed by atoms with E-state index in [1.807, 2.05) is 6.92 Å². The van der Waals surface area contributed by atoms with Crippen LogP contribution >= 0.6 is 0 Å². The SMILES string of the molecule is CCCCN(CC(N)=O)C(=O)C1Cc2nc[nH]c2CN1. The van der Waals surface area contributed by atoms with Crippen molar-refractivity contribution in [2.24, 2.45) is 5.73 Å². The van der Waals surface area contributed by atoms with Crippen LogP contribution in [-0.2, 0) is 22.6 Å². The number of imidazole rings is 1. The molecule has 0 saturated heterocycles. The Bertz CT molecular complexity index is 485. The van der Waals surface area contributed by atoms with Crippen molar-refractivity contribution in [3.8, 4) is 0 Å². The zero-order valence-electron chi connectivity index (χ0n) is 11.7. The Labute approximate surface area is 117 Å². The summed E-state index contributed by atoms with van der Waals surface area (Å²) in [5.41, 5.74) is 7.15. The minimum Gasteiger partial charge on any atom is -0.368 e. The highest BCUT2D eigenvalue weighted by Gasteiger charge is 2.29. The van der Waals surface area contributed by atoms with Crippen molar-refractivity contribution in [3.63, 3.8) is 0 Å². The van der Waals surface area contributed by atoms with E-state index in [-0.39, 0.29) is 18.5 Å². The van der Waals surface area contributed by atoms with Crippen molar-refractivity contribution in [3.05, 3.63) is 17.7 Å². The van der Waals surface area contributed by atoms with Crippen LogP contribution in [0.3, 0.4) is 0 Å². The summed E-state index contributed by atoms with van der Waals surface area (Å²) in [6, 6.07) is -0.331. The molecule has 7 heteroatoms. The number of unbranched alkanes of at least 4 members (excludes halogenated alkanes) is 1. The largest absolute Gasteiger partial charge is 0.368 e. The predicted octanol–water partition coefficient (Wildman–Crippen LogP) is -0.462. The van der Waals surface area contributed by atoms with Crippen molar-refractivity contribution in [1.29, 1.82) is 0 Å². The number of nitrogens with zero attached hydrogens (tertiary/aromatic N) is 2. The maximum absolute atomic E-state index is 12.5. The second kappa shape index (κ2) is 6.51. The molecular weight excluding hydrogens is 258 g/mol. The molecule has 2 rings (SSSR count). The first-order valence-electron chi connectivity index (χ1n) is 6.93. The maximum atomic E-state index is 12.5. The van der Waals surface area contributed by atoms with Gasteiger partial charge < -0.3 is 15.6 Å². The Morgan fingerprint density at radius 3 is 3.05 bits per heavy atom. The molecule has 0 spiro atoms. The molecule has 1 aliphatic heterocycles. The Morgan fingerprint density at radius 1 is 1.55 bits per heavy atom. The molecule has 2 heterocycles. The van der Waals surface area contributed by atoms with Crippen LogP contribution in [0.1, 0.15) is 31.2 Å². The van der Waals surface area contributed by atoms with E-state index < -0.39 is 5.91 Å². The van der Waals surface area contributed by atoms with Crippen molar-refractivity contribution in [2.45, 2.75) is 38.8 Å². The van der Waals surface area contributed by atoms with E-state index in [1.54, 1.807) is 11.2 Å². The number of H-pyrrole nitrogens is 1.